The van der Waals surface area contributed by atoms with E-state index in [0.717, 1.165) is 23.7 Å². The molecule has 0 amide bonds. The van der Waals surface area contributed by atoms with E-state index in [1.165, 1.54) is 0 Å². The number of benzene rings is 2. The lowest BCUT2D eigenvalue weighted by atomic mass is 10.1. The summed E-state index contributed by atoms with van der Waals surface area (Å²) < 4.78 is 41.7. The Morgan fingerprint density at radius 1 is 1.00 bits per heavy atom. The molecule has 9 nitrogen and oxygen atoms in total. The summed E-state index contributed by atoms with van der Waals surface area (Å²) in [5.41, 5.74) is 3.03. The highest BCUT2D eigenvalue weighted by molar-refractivity contribution is 7.92. The lowest BCUT2D eigenvalue weighted by Gasteiger charge is -2.13. The van der Waals surface area contributed by atoms with E-state index in [4.69, 9.17) is 0 Å². The van der Waals surface area contributed by atoms with Crippen LogP contribution in [-0.2, 0) is 17.1 Å². The minimum atomic E-state index is -3.51. The minimum absolute atomic E-state index is 0.105. The number of nitrogens with one attached hydrogen (secondary N) is 3. The van der Waals surface area contributed by atoms with E-state index in [9.17, 15) is 12.8 Å². The predicted octanol–water partition coefficient (Wildman–Crippen LogP) is 3.87. The van der Waals surface area contributed by atoms with Crippen molar-refractivity contribution in [3.63, 3.8) is 0 Å². The van der Waals surface area contributed by atoms with Crippen molar-refractivity contribution in [2.45, 2.75) is 0 Å². The maximum absolute atomic E-state index is 14.4. The van der Waals surface area contributed by atoms with Gasteiger partial charge in [0.15, 0.2) is 11.6 Å². The first-order valence-electron chi connectivity index (χ1n) is 9.50. The van der Waals surface area contributed by atoms with Crippen LogP contribution in [0.2, 0.25) is 0 Å². The topological polar surface area (TPSA) is 114 Å². The van der Waals surface area contributed by atoms with Crippen LogP contribution in [-0.4, -0.2) is 34.4 Å². The molecule has 2 aromatic heterocycles. The molecule has 0 aliphatic heterocycles. The number of halogens is 1. The minimum Gasteiger partial charge on any atom is -0.336 e. The average molecular weight is 454 g/mol. The molecule has 0 spiro atoms. The van der Waals surface area contributed by atoms with Crippen LogP contribution >= 0.6 is 0 Å². The normalized spacial score (nSPS) is 11.2. The van der Waals surface area contributed by atoms with Crippen LogP contribution < -0.4 is 15.4 Å². The highest BCUT2D eigenvalue weighted by atomic mass is 32.2. The number of nitrogens with zero attached hydrogens (tertiary/aromatic N) is 4. The van der Waals surface area contributed by atoms with Crippen molar-refractivity contribution in [2.75, 3.05) is 21.6 Å². The summed E-state index contributed by atoms with van der Waals surface area (Å²) in [5.74, 6) is -0.626. The second-order valence-electron chi connectivity index (χ2n) is 7.02. The van der Waals surface area contributed by atoms with Gasteiger partial charge >= 0.3 is 0 Å². The van der Waals surface area contributed by atoms with Crippen LogP contribution in [0.25, 0.3) is 11.3 Å². The van der Waals surface area contributed by atoms with Gasteiger partial charge in [0.25, 0.3) is 0 Å². The number of anilines is 5. The largest absolute Gasteiger partial charge is 0.336 e. The number of rotatable bonds is 7. The van der Waals surface area contributed by atoms with Crippen molar-refractivity contribution in [2.24, 2.45) is 7.05 Å². The fourth-order valence-corrected chi connectivity index (χ4v) is 3.56. The number of aryl methyl sites for hydroxylation is 1. The van der Waals surface area contributed by atoms with E-state index in [-0.39, 0.29) is 17.5 Å². The molecule has 0 aliphatic rings. The summed E-state index contributed by atoms with van der Waals surface area (Å²) in [4.78, 5) is 8.20. The van der Waals surface area contributed by atoms with Gasteiger partial charge in [-0.2, -0.15) is 10.1 Å². The Kier molecular flexibility index (Phi) is 5.73. The number of aromatic nitrogens is 4. The second kappa shape index (κ2) is 8.63. The van der Waals surface area contributed by atoms with Crippen LogP contribution in [0, 0.1) is 5.82 Å². The zero-order valence-corrected chi connectivity index (χ0v) is 18.1. The molecule has 0 fully saturated rings. The average Bonchev–Trinajstić information content (AvgIpc) is 3.17. The number of sulfonamides is 1. The van der Waals surface area contributed by atoms with Gasteiger partial charge < -0.3 is 10.6 Å². The Balaban J connectivity index is 1.58. The standard InChI is InChI=1S/C21H20FN7O2S/c1-29-11-10-17(27-29)14-6-5-7-15(12-14)24-21-23-13-16(22)20(26-21)25-18-8-3-4-9-19(18)28-32(2,30)31/h3-13,28H,1-2H3,(H2,23,24,25,26). The van der Waals surface area contributed by atoms with E-state index >= 15 is 0 Å². The molecule has 0 bridgehead atoms. The molecule has 11 heteroatoms. The van der Waals surface area contributed by atoms with Gasteiger partial charge in [0.05, 0.1) is 29.5 Å². The molecule has 0 saturated heterocycles. The first-order valence-corrected chi connectivity index (χ1v) is 11.4. The summed E-state index contributed by atoms with van der Waals surface area (Å²) in [6, 6.07) is 15.9. The van der Waals surface area contributed by atoms with Crippen molar-refractivity contribution in [3.05, 3.63) is 72.8 Å². The van der Waals surface area contributed by atoms with Gasteiger partial charge in [-0.15, -0.1) is 0 Å². The third-order valence-corrected chi connectivity index (χ3v) is 4.94. The maximum atomic E-state index is 14.4. The molecular formula is C21H20FN7O2S. The fourth-order valence-electron chi connectivity index (χ4n) is 2.98. The van der Waals surface area contributed by atoms with E-state index in [0.29, 0.717) is 11.4 Å². The van der Waals surface area contributed by atoms with E-state index in [2.05, 4.69) is 30.4 Å². The van der Waals surface area contributed by atoms with Gasteiger partial charge in [-0.1, -0.05) is 24.3 Å². The van der Waals surface area contributed by atoms with Crippen LogP contribution in [0.15, 0.2) is 67.0 Å². The SMILES string of the molecule is Cn1ccc(-c2cccc(Nc3ncc(F)c(Nc4ccccc4NS(C)(=O)=O)n3)c2)n1. The predicted molar refractivity (Wildman–Crippen MR) is 122 cm³/mol. The quantitative estimate of drug-likeness (QED) is 0.389. The van der Waals surface area contributed by atoms with Gasteiger partial charge in [-0.05, 0) is 30.3 Å². The monoisotopic (exact) mass is 453 g/mol. The van der Waals surface area contributed by atoms with Crippen molar-refractivity contribution >= 4 is 38.9 Å². The number of hydrogen-bond donors (Lipinski definition) is 3. The molecule has 4 rings (SSSR count). The van der Waals surface area contributed by atoms with Gasteiger partial charge in [-0.25, -0.2) is 17.8 Å². The molecule has 0 unspecified atom stereocenters. The third-order valence-electron chi connectivity index (χ3n) is 4.35. The Bertz CT molecular complexity index is 1370. The molecular weight excluding hydrogens is 433 g/mol. The van der Waals surface area contributed by atoms with E-state index in [1.807, 2.05) is 43.6 Å². The molecule has 0 aliphatic carbocycles. The Hall–Kier alpha value is -3.99. The summed E-state index contributed by atoms with van der Waals surface area (Å²) in [6.45, 7) is 0. The summed E-state index contributed by atoms with van der Waals surface area (Å²) in [6.07, 6.45) is 3.93. The summed E-state index contributed by atoms with van der Waals surface area (Å²) >= 11 is 0. The summed E-state index contributed by atoms with van der Waals surface area (Å²) in [7, 11) is -1.67. The van der Waals surface area contributed by atoms with Crippen molar-refractivity contribution in [1.82, 2.24) is 19.7 Å². The molecule has 3 N–H and O–H groups in total. The molecule has 164 valence electrons. The first kappa shape index (κ1) is 21.2. The molecule has 2 heterocycles. The zero-order chi connectivity index (χ0) is 22.7. The molecule has 0 radical (unpaired) electrons. The van der Waals surface area contributed by atoms with E-state index in [1.54, 1.807) is 28.9 Å². The Morgan fingerprint density at radius 3 is 2.50 bits per heavy atom. The van der Waals surface area contributed by atoms with Crippen molar-refractivity contribution in [3.8, 4) is 11.3 Å². The smallest absolute Gasteiger partial charge is 0.229 e. The molecule has 2 aromatic carbocycles. The van der Waals surface area contributed by atoms with Crippen molar-refractivity contribution in [1.29, 1.82) is 0 Å². The number of hydrogen-bond acceptors (Lipinski definition) is 7. The zero-order valence-electron chi connectivity index (χ0n) is 17.2. The van der Waals surface area contributed by atoms with Crippen LogP contribution in [0.4, 0.5) is 33.2 Å². The van der Waals surface area contributed by atoms with Gasteiger partial charge in [0, 0.05) is 24.5 Å². The lowest BCUT2D eigenvalue weighted by Crippen LogP contribution is -2.11. The van der Waals surface area contributed by atoms with Gasteiger partial charge in [0.2, 0.25) is 16.0 Å². The first-order chi connectivity index (χ1) is 15.3. The molecule has 0 saturated carbocycles. The third kappa shape index (κ3) is 5.19. The van der Waals surface area contributed by atoms with Gasteiger partial charge in [-0.3, -0.25) is 9.40 Å². The highest BCUT2D eigenvalue weighted by Gasteiger charge is 2.12. The molecule has 0 atom stereocenters. The summed E-state index contributed by atoms with van der Waals surface area (Å²) in [5, 5.41) is 10.3. The second-order valence-corrected chi connectivity index (χ2v) is 8.76. The van der Waals surface area contributed by atoms with Crippen LogP contribution in [0.5, 0.6) is 0 Å². The fraction of sp³-hybridized carbons (Fsp3) is 0.0952. The Morgan fingerprint density at radius 2 is 1.78 bits per heavy atom. The van der Waals surface area contributed by atoms with Crippen LogP contribution in [0.1, 0.15) is 0 Å². The van der Waals surface area contributed by atoms with E-state index < -0.39 is 15.8 Å². The molecule has 4 aromatic rings. The lowest BCUT2D eigenvalue weighted by molar-refractivity contribution is 0.607. The van der Waals surface area contributed by atoms with Crippen LogP contribution in [0.3, 0.4) is 0 Å². The van der Waals surface area contributed by atoms with Gasteiger partial charge in [0.1, 0.15) is 0 Å². The van der Waals surface area contributed by atoms with Crippen molar-refractivity contribution < 1.29 is 12.8 Å². The highest BCUT2D eigenvalue weighted by Crippen LogP contribution is 2.28. The number of para-hydroxylation sites is 2. The molecule has 32 heavy (non-hydrogen) atoms. The maximum Gasteiger partial charge on any atom is 0.229 e. The Labute approximate surface area is 184 Å².